The molecule has 0 saturated carbocycles. The van der Waals surface area contributed by atoms with Crippen molar-refractivity contribution in [3.8, 4) is 0 Å². The minimum absolute atomic E-state index is 0.221. The molecule has 0 aliphatic carbocycles. The van der Waals surface area contributed by atoms with Crippen molar-refractivity contribution in [3.63, 3.8) is 0 Å². The molecule has 2 rings (SSSR count). The average Bonchev–Trinajstić information content (AvgIpc) is 2.62. The highest BCUT2D eigenvalue weighted by Gasteiger charge is 2.19. The maximum Gasteiger partial charge on any atom is 0.0691 e. The van der Waals surface area contributed by atoms with E-state index in [0.29, 0.717) is 0 Å². The van der Waals surface area contributed by atoms with E-state index in [1.54, 1.807) is 0 Å². The second kappa shape index (κ2) is 5.65. The Morgan fingerprint density at radius 2 is 1.88 bits per heavy atom. The molecule has 90 valence electrons. The Labute approximate surface area is 123 Å². The molecule has 4 heteroatoms. The molecule has 0 saturated heterocycles. The van der Waals surface area contributed by atoms with Crippen LogP contribution in [0.4, 0.5) is 0 Å². The Morgan fingerprint density at radius 3 is 2.41 bits per heavy atom. The zero-order valence-electron chi connectivity index (χ0n) is 9.63. The minimum atomic E-state index is 0.221. The maximum atomic E-state index is 3.64. The molecule has 0 radical (unpaired) electrons. The Balaban J connectivity index is 2.47. The number of benzene rings is 1. The number of rotatable bonds is 3. The van der Waals surface area contributed by atoms with Crippen molar-refractivity contribution in [2.75, 3.05) is 7.05 Å². The highest BCUT2D eigenvalue weighted by Crippen LogP contribution is 2.37. The van der Waals surface area contributed by atoms with E-state index in [1.165, 1.54) is 19.8 Å². The number of thiophene rings is 1. The van der Waals surface area contributed by atoms with Crippen molar-refractivity contribution in [3.05, 3.63) is 54.6 Å². The third-order valence-electron chi connectivity index (χ3n) is 2.60. The number of aryl methyl sites for hydroxylation is 1. The zero-order valence-corrected chi connectivity index (χ0v) is 13.6. The molecule has 1 N–H and O–H groups in total. The molecule has 0 aliphatic rings. The van der Waals surface area contributed by atoms with Gasteiger partial charge in [0.05, 0.1) is 6.04 Å². The lowest BCUT2D eigenvalue weighted by Gasteiger charge is -2.17. The van der Waals surface area contributed by atoms with Gasteiger partial charge >= 0.3 is 0 Å². The van der Waals surface area contributed by atoms with E-state index >= 15 is 0 Å². The maximum absolute atomic E-state index is 3.64. The zero-order chi connectivity index (χ0) is 12.4. The highest BCUT2D eigenvalue weighted by molar-refractivity contribution is 9.10. The molecule has 17 heavy (non-hydrogen) atoms. The van der Waals surface area contributed by atoms with Crippen molar-refractivity contribution in [1.82, 2.24) is 5.32 Å². The molecule has 1 nitrogen and oxygen atoms in total. The molecule has 1 aromatic carbocycles. The van der Waals surface area contributed by atoms with Crippen molar-refractivity contribution in [2.45, 2.75) is 13.0 Å². The van der Waals surface area contributed by atoms with Gasteiger partial charge < -0.3 is 5.32 Å². The van der Waals surface area contributed by atoms with Crippen molar-refractivity contribution in [1.29, 1.82) is 0 Å². The fourth-order valence-electron chi connectivity index (χ4n) is 1.84. The van der Waals surface area contributed by atoms with Gasteiger partial charge in [-0.1, -0.05) is 34.1 Å². The van der Waals surface area contributed by atoms with E-state index in [4.69, 9.17) is 0 Å². The lowest BCUT2D eigenvalue weighted by Crippen LogP contribution is -2.17. The standard InChI is InChI=1S/C13H13Br2NS/c1-8-7-11(15)13(17-8)12(16-2)9-5-3-4-6-10(9)14/h3-7,12,16H,1-2H3. The van der Waals surface area contributed by atoms with Gasteiger partial charge in [-0.25, -0.2) is 0 Å². The second-order valence-electron chi connectivity index (χ2n) is 3.81. The van der Waals surface area contributed by atoms with Gasteiger partial charge in [0, 0.05) is 18.7 Å². The van der Waals surface area contributed by atoms with E-state index in [0.717, 1.165) is 4.47 Å². The monoisotopic (exact) mass is 373 g/mol. The lowest BCUT2D eigenvalue weighted by molar-refractivity contribution is 0.698. The normalized spacial score (nSPS) is 12.7. The summed E-state index contributed by atoms with van der Waals surface area (Å²) in [6.07, 6.45) is 0. The largest absolute Gasteiger partial charge is 0.309 e. The van der Waals surface area contributed by atoms with Crippen LogP contribution in [0.3, 0.4) is 0 Å². The van der Waals surface area contributed by atoms with Gasteiger partial charge in [0.25, 0.3) is 0 Å². The summed E-state index contributed by atoms with van der Waals surface area (Å²) in [5, 5.41) is 3.38. The molecule has 0 fully saturated rings. The molecule has 1 unspecified atom stereocenters. The fourth-order valence-corrected chi connectivity index (χ4v) is 4.36. The first-order chi connectivity index (χ1) is 8.13. The van der Waals surface area contributed by atoms with Gasteiger partial charge in [0.15, 0.2) is 0 Å². The molecular formula is C13H13Br2NS. The van der Waals surface area contributed by atoms with Crippen molar-refractivity contribution < 1.29 is 0 Å². The van der Waals surface area contributed by atoms with Gasteiger partial charge in [-0.3, -0.25) is 0 Å². The number of nitrogens with one attached hydrogen (secondary N) is 1. The Morgan fingerprint density at radius 1 is 1.18 bits per heavy atom. The second-order valence-corrected chi connectivity index (χ2v) is 6.81. The van der Waals surface area contributed by atoms with Crippen molar-refractivity contribution in [2.24, 2.45) is 0 Å². The molecule has 0 bridgehead atoms. The van der Waals surface area contributed by atoms with Gasteiger partial charge in [0.2, 0.25) is 0 Å². The molecule has 0 amide bonds. The van der Waals surface area contributed by atoms with Gasteiger partial charge in [-0.15, -0.1) is 11.3 Å². The van der Waals surface area contributed by atoms with E-state index in [2.05, 4.69) is 68.4 Å². The molecule has 0 spiro atoms. The Hall–Kier alpha value is -0.160. The molecular weight excluding hydrogens is 362 g/mol. The van der Waals surface area contributed by atoms with E-state index in [9.17, 15) is 0 Å². The molecule has 1 atom stereocenters. The number of hydrogen-bond donors (Lipinski definition) is 1. The van der Waals surface area contributed by atoms with Gasteiger partial charge in [0.1, 0.15) is 0 Å². The summed E-state index contributed by atoms with van der Waals surface area (Å²) in [5.74, 6) is 0. The summed E-state index contributed by atoms with van der Waals surface area (Å²) < 4.78 is 2.31. The van der Waals surface area contributed by atoms with Crippen LogP contribution in [-0.4, -0.2) is 7.05 Å². The van der Waals surface area contributed by atoms with Crippen LogP contribution < -0.4 is 5.32 Å². The Kier molecular flexibility index (Phi) is 4.42. The fraction of sp³-hybridized carbons (Fsp3) is 0.231. The summed E-state index contributed by atoms with van der Waals surface area (Å²) in [4.78, 5) is 2.64. The Bertz CT molecular complexity index is 522. The summed E-state index contributed by atoms with van der Waals surface area (Å²) in [7, 11) is 1.99. The topological polar surface area (TPSA) is 12.0 Å². The van der Waals surface area contributed by atoms with Crippen LogP contribution in [0.5, 0.6) is 0 Å². The third-order valence-corrected chi connectivity index (χ3v) is 5.36. The number of hydrogen-bond acceptors (Lipinski definition) is 2. The molecule has 0 aliphatic heterocycles. The summed E-state index contributed by atoms with van der Waals surface area (Å²) >= 11 is 9.07. The quantitative estimate of drug-likeness (QED) is 0.806. The third kappa shape index (κ3) is 2.81. The molecule has 1 heterocycles. The summed E-state index contributed by atoms with van der Waals surface area (Å²) in [6, 6.07) is 10.7. The number of halogens is 2. The first-order valence-electron chi connectivity index (χ1n) is 5.31. The average molecular weight is 375 g/mol. The summed E-state index contributed by atoms with van der Waals surface area (Å²) in [6.45, 7) is 2.13. The van der Waals surface area contributed by atoms with Gasteiger partial charge in [-0.05, 0) is 47.6 Å². The van der Waals surface area contributed by atoms with Crippen LogP contribution in [0.2, 0.25) is 0 Å². The molecule has 1 aromatic heterocycles. The lowest BCUT2D eigenvalue weighted by atomic mass is 10.1. The van der Waals surface area contributed by atoms with E-state index in [-0.39, 0.29) is 6.04 Å². The van der Waals surface area contributed by atoms with Crippen molar-refractivity contribution >= 4 is 43.2 Å². The smallest absolute Gasteiger partial charge is 0.0691 e. The van der Waals surface area contributed by atoms with Crippen LogP contribution in [0.1, 0.15) is 21.4 Å². The van der Waals surface area contributed by atoms with Crippen LogP contribution in [0, 0.1) is 6.92 Å². The summed E-state index contributed by atoms with van der Waals surface area (Å²) in [5.41, 5.74) is 1.26. The van der Waals surface area contributed by atoms with Crippen LogP contribution >= 0.6 is 43.2 Å². The SMILES string of the molecule is CNC(c1ccccc1Br)c1sc(C)cc1Br. The predicted molar refractivity (Wildman–Crippen MR) is 81.8 cm³/mol. The van der Waals surface area contributed by atoms with Crippen LogP contribution in [-0.2, 0) is 0 Å². The first kappa shape index (κ1) is 13.3. The highest BCUT2D eigenvalue weighted by atomic mass is 79.9. The first-order valence-corrected chi connectivity index (χ1v) is 7.71. The van der Waals surface area contributed by atoms with Crippen LogP contribution in [0.15, 0.2) is 39.3 Å². The predicted octanol–water partition coefficient (Wildman–Crippen LogP) is 4.89. The van der Waals surface area contributed by atoms with E-state index in [1.807, 2.05) is 24.5 Å². The van der Waals surface area contributed by atoms with E-state index < -0.39 is 0 Å². The minimum Gasteiger partial charge on any atom is -0.309 e. The van der Waals surface area contributed by atoms with Gasteiger partial charge in [-0.2, -0.15) is 0 Å². The van der Waals surface area contributed by atoms with Crippen LogP contribution in [0.25, 0.3) is 0 Å². The molecule has 2 aromatic rings.